The summed E-state index contributed by atoms with van der Waals surface area (Å²) in [5.41, 5.74) is 0.725. The summed E-state index contributed by atoms with van der Waals surface area (Å²) in [6.45, 7) is 4.32. The predicted octanol–water partition coefficient (Wildman–Crippen LogP) is 4.41. The molecule has 8 nitrogen and oxygen atoms in total. The summed E-state index contributed by atoms with van der Waals surface area (Å²) < 4.78 is 5.41. The molecule has 3 rings (SSSR count). The molecule has 0 aliphatic rings. The van der Waals surface area contributed by atoms with Crippen molar-refractivity contribution in [2.24, 2.45) is 0 Å². The summed E-state index contributed by atoms with van der Waals surface area (Å²) >= 11 is 0. The second-order valence-corrected chi connectivity index (χ2v) is 8.95. The number of anilines is 2. The number of carbonyl (C=O) groups is 4. The Bertz CT molecular complexity index is 1220. The van der Waals surface area contributed by atoms with Crippen molar-refractivity contribution in [3.8, 4) is 0 Å². The zero-order chi connectivity index (χ0) is 26.1. The number of benzene rings is 3. The molecule has 0 saturated heterocycles. The van der Waals surface area contributed by atoms with Crippen LogP contribution in [-0.2, 0) is 14.3 Å². The van der Waals surface area contributed by atoms with Crippen LogP contribution in [0.25, 0.3) is 0 Å². The van der Waals surface area contributed by atoms with E-state index in [1.54, 1.807) is 99.6 Å². The number of hydrogen-bond acceptors (Lipinski definition) is 5. The molecule has 2 N–H and O–H groups in total. The molecule has 0 spiro atoms. The van der Waals surface area contributed by atoms with Crippen molar-refractivity contribution in [2.75, 3.05) is 23.3 Å². The Labute approximate surface area is 210 Å². The first-order chi connectivity index (χ1) is 17.1. The number of nitrogens with one attached hydrogen (secondary N) is 2. The molecule has 0 aliphatic carbocycles. The first kappa shape index (κ1) is 26.2. The molecule has 3 amide bonds. The van der Waals surface area contributed by atoms with Gasteiger partial charge >= 0.3 is 12.0 Å². The van der Waals surface area contributed by atoms with Crippen molar-refractivity contribution in [3.63, 3.8) is 0 Å². The molecule has 0 aromatic heterocycles. The van der Waals surface area contributed by atoms with Gasteiger partial charge < -0.3 is 15.4 Å². The molecule has 0 atom stereocenters. The zero-order valence-corrected chi connectivity index (χ0v) is 20.5. The number of hydrogen-bond donors (Lipinski definition) is 2. The predicted molar refractivity (Wildman–Crippen MR) is 138 cm³/mol. The van der Waals surface area contributed by atoms with Crippen LogP contribution in [0.5, 0.6) is 0 Å². The van der Waals surface area contributed by atoms with Crippen LogP contribution in [0.2, 0.25) is 0 Å². The Balaban J connectivity index is 1.85. The van der Waals surface area contributed by atoms with E-state index < -0.39 is 36.6 Å². The minimum Gasteiger partial charge on any atom is -0.459 e. The van der Waals surface area contributed by atoms with Gasteiger partial charge in [0.05, 0.1) is 12.2 Å². The Kier molecular flexibility index (Phi) is 8.57. The lowest BCUT2D eigenvalue weighted by Gasteiger charge is -2.27. The maximum Gasteiger partial charge on any atom is 0.326 e. The van der Waals surface area contributed by atoms with Crippen molar-refractivity contribution in [1.82, 2.24) is 5.32 Å². The van der Waals surface area contributed by atoms with Gasteiger partial charge in [-0.15, -0.1) is 0 Å². The van der Waals surface area contributed by atoms with E-state index in [1.165, 1.54) is 0 Å². The first-order valence-corrected chi connectivity index (χ1v) is 11.4. The second kappa shape index (κ2) is 11.8. The average Bonchev–Trinajstić information content (AvgIpc) is 2.85. The number of ether oxygens (including phenoxy) is 1. The highest BCUT2D eigenvalue weighted by molar-refractivity contribution is 6.15. The van der Waals surface area contributed by atoms with Crippen LogP contribution in [0.15, 0.2) is 84.9 Å². The third kappa shape index (κ3) is 7.53. The van der Waals surface area contributed by atoms with Crippen LogP contribution in [0.3, 0.4) is 0 Å². The van der Waals surface area contributed by atoms with Crippen LogP contribution in [0.1, 0.15) is 36.7 Å². The minimum atomic E-state index is -0.765. The van der Waals surface area contributed by atoms with Gasteiger partial charge in [0.2, 0.25) is 5.91 Å². The molecule has 0 radical (unpaired) electrons. The fourth-order valence-corrected chi connectivity index (χ4v) is 3.40. The lowest BCUT2D eigenvalue weighted by atomic mass is 10.0. The van der Waals surface area contributed by atoms with Gasteiger partial charge in [-0.05, 0) is 45.0 Å². The highest BCUT2D eigenvalue weighted by atomic mass is 16.6. The zero-order valence-electron chi connectivity index (χ0n) is 20.5. The Morgan fingerprint density at radius 1 is 0.806 bits per heavy atom. The molecular weight excluding hydrogens is 458 g/mol. The van der Waals surface area contributed by atoms with Crippen LogP contribution in [0, 0.1) is 0 Å². The summed E-state index contributed by atoms with van der Waals surface area (Å²) in [5.74, 6) is -1.54. The largest absolute Gasteiger partial charge is 0.459 e. The number of urea groups is 1. The molecule has 0 aliphatic heterocycles. The Hall–Kier alpha value is -4.46. The molecule has 186 valence electrons. The van der Waals surface area contributed by atoms with Gasteiger partial charge in [-0.3, -0.25) is 19.3 Å². The second-order valence-electron chi connectivity index (χ2n) is 8.95. The molecule has 3 aromatic carbocycles. The number of para-hydroxylation sites is 2. The van der Waals surface area contributed by atoms with Crippen LogP contribution in [-0.4, -0.2) is 42.4 Å². The van der Waals surface area contributed by atoms with E-state index in [0.717, 1.165) is 4.90 Å². The fraction of sp³-hybridized carbons (Fsp3) is 0.214. The number of esters is 1. The summed E-state index contributed by atoms with van der Waals surface area (Å²) in [6.07, 6.45) is 0. The van der Waals surface area contributed by atoms with Crippen LogP contribution >= 0.6 is 0 Å². The average molecular weight is 488 g/mol. The minimum absolute atomic E-state index is 0.243. The fourth-order valence-electron chi connectivity index (χ4n) is 3.40. The summed E-state index contributed by atoms with van der Waals surface area (Å²) in [7, 11) is 0. The Morgan fingerprint density at radius 2 is 1.39 bits per heavy atom. The molecule has 0 unspecified atom stereocenters. The van der Waals surface area contributed by atoms with E-state index in [0.29, 0.717) is 11.3 Å². The van der Waals surface area contributed by atoms with Crippen molar-refractivity contribution in [2.45, 2.75) is 26.4 Å². The third-order valence-corrected chi connectivity index (χ3v) is 4.92. The van der Waals surface area contributed by atoms with E-state index in [-0.39, 0.29) is 17.0 Å². The maximum absolute atomic E-state index is 13.3. The molecule has 0 saturated carbocycles. The van der Waals surface area contributed by atoms with E-state index >= 15 is 0 Å². The number of nitrogens with zero attached hydrogens (tertiary/aromatic N) is 1. The molecular formula is C28H29N3O5. The topological polar surface area (TPSA) is 105 Å². The number of carbonyl (C=O) groups excluding carboxylic acids is 4. The van der Waals surface area contributed by atoms with Gasteiger partial charge in [-0.25, -0.2) is 4.79 Å². The van der Waals surface area contributed by atoms with Crippen LogP contribution < -0.4 is 15.5 Å². The SMILES string of the molecule is CC(C)(C)OC(=O)CN(C(=O)CNC(=O)Nc1ccccc1)c1ccccc1C(=O)c1ccccc1. The number of rotatable bonds is 8. The van der Waals surface area contributed by atoms with Crippen molar-refractivity contribution in [1.29, 1.82) is 0 Å². The number of amides is 3. The van der Waals surface area contributed by atoms with Gasteiger partial charge in [0.15, 0.2) is 5.78 Å². The normalized spacial score (nSPS) is 10.8. The monoisotopic (exact) mass is 487 g/mol. The highest BCUT2D eigenvalue weighted by Gasteiger charge is 2.27. The maximum atomic E-state index is 13.3. The molecule has 3 aromatic rings. The van der Waals surface area contributed by atoms with E-state index in [4.69, 9.17) is 4.74 Å². The first-order valence-electron chi connectivity index (χ1n) is 11.4. The van der Waals surface area contributed by atoms with Gasteiger partial charge in [0, 0.05) is 16.8 Å². The molecule has 0 bridgehead atoms. The van der Waals surface area contributed by atoms with E-state index in [1.807, 2.05) is 6.07 Å². The lowest BCUT2D eigenvalue weighted by molar-refractivity contribution is -0.153. The van der Waals surface area contributed by atoms with E-state index in [9.17, 15) is 19.2 Å². The molecule has 0 fully saturated rings. The summed E-state index contributed by atoms with van der Waals surface area (Å²) in [4.78, 5) is 52.7. The molecule has 0 heterocycles. The standard InChI is InChI=1S/C28H29N3O5/c1-28(2,3)36-25(33)19-31(24(32)18-29-27(35)30-21-14-8-5-9-15-21)23-17-11-10-16-22(23)26(34)20-12-6-4-7-13-20/h4-17H,18-19H2,1-3H3,(H2,29,30,35). The summed E-state index contributed by atoms with van der Waals surface area (Å²) in [6, 6.07) is 23.4. The van der Waals surface area contributed by atoms with Crippen LogP contribution in [0.4, 0.5) is 16.2 Å². The van der Waals surface area contributed by atoms with Crippen molar-refractivity contribution < 1.29 is 23.9 Å². The lowest BCUT2D eigenvalue weighted by Crippen LogP contribution is -2.45. The summed E-state index contributed by atoms with van der Waals surface area (Å²) in [5, 5.41) is 5.14. The van der Waals surface area contributed by atoms with Gasteiger partial charge in [0.25, 0.3) is 0 Å². The number of ketones is 1. The highest BCUT2D eigenvalue weighted by Crippen LogP contribution is 2.24. The Morgan fingerprint density at radius 3 is 2.03 bits per heavy atom. The van der Waals surface area contributed by atoms with Gasteiger partial charge in [0.1, 0.15) is 12.1 Å². The molecule has 36 heavy (non-hydrogen) atoms. The van der Waals surface area contributed by atoms with Gasteiger partial charge in [-0.2, -0.15) is 0 Å². The third-order valence-electron chi connectivity index (χ3n) is 4.92. The van der Waals surface area contributed by atoms with Crippen molar-refractivity contribution >= 4 is 35.1 Å². The van der Waals surface area contributed by atoms with E-state index in [2.05, 4.69) is 10.6 Å². The van der Waals surface area contributed by atoms with Crippen molar-refractivity contribution in [3.05, 3.63) is 96.1 Å². The smallest absolute Gasteiger partial charge is 0.326 e. The van der Waals surface area contributed by atoms with Gasteiger partial charge in [-0.1, -0.05) is 60.7 Å². The quantitative estimate of drug-likeness (QED) is 0.362. The molecule has 8 heteroatoms.